The average molecular weight is 172 g/mol. The van der Waals surface area contributed by atoms with Gasteiger partial charge in [-0.05, 0) is 18.3 Å². The SMILES string of the molecule is CC(C)(C)[C@@H]1CC[C@H](C(=O)O)O1. The largest absolute Gasteiger partial charge is 0.479 e. The zero-order valence-electron chi connectivity index (χ0n) is 7.83. The molecule has 3 nitrogen and oxygen atoms in total. The highest BCUT2D eigenvalue weighted by molar-refractivity contribution is 5.72. The van der Waals surface area contributed by atoms with E-state index >= 15 is 0 Å². The number of hydrogen-bond acceptors (Lipinski definition) is 2. The van der Waals surface area contributed by atoms with Gasteiger partial charge in [0.25, 0.3) is 0 Å². The van der Waals surface area contributed by atoms with Gasteiger partial charge in [-0.25, -0.2) is 4.79 Å². The van der Waals surface area contributed by atoms with Gasteiger partial charge in [-0.15, -0.1) is 0 Å². The van der Waals surface area contributed by atoms with E-state index in [1.54, 1.807) is 0 Å². The molecule has 0 spiro atoms. The summed E-state index contributed by atoms with van der Waals surface area (Å²) in [5.41, 5.74) is 0.0597. The van der Waals surface area contributed by atoms with Crippen LogP contribution in [-0.4, -0.2) is 23.3 Å². The Kier molecular flexibility index (Phi) is 2.42. The van der Waals surface area contributed by atoms with Crippen LogP contribution in [0.5, 0.6) is 0 Å². The van der Waals surface area contributed by atoms with Crippen molar-refractivity contribution in [2.24, 2.45) is 5.41 Å². The van der Waals surface area contributed by atoms with Crippen molar-refractivity contribution in [1.29, 1.82) is 0 Å². The average Bonchev–Trinajstić information content (AvgIpc) is 2.30. The molecule has 0 amide bonds. The van der Waals surface area contributed by atoms with Crippen molar-refractivity contribution in [3.63, 3.8) is 0 Å². The van der Waals surface area contributed by atoms with Crippen molar-refractivity contribution < 1.29 is 14.6 Å². The molecule has 1 saturated heterocycles. The molecular weight excluding hydrogens is 156 g/mol. The number of carbonyl (C=O) groups is 1. The van der Waals surface area contributed by atoms with E-state index in [2.05, 4.69) is 20.8 Å². The van der Waals surface area contributed by atoms with Crippen LogP contribution >= 0.6 is 0 Å². The minimum atomic E-state index is -0.832. The molecule has 0 unspecified atom stereocenters. The number of ether oxygens (including phenoxy) is 1. The van der Waals surface area contributed by atoms with Crippen molar-refractivity contribution >= 4 is 5.97 Å². The Hall–Kier alpha value is -0.570. The van der Waals surface area contributed by atoms with Crippen LogP contribution in [0.2, 0.25) is 0 Å². The minimum Gasteiger partial charge on any atom is -0.479 e. The Labute approximate surface area is 72.7 Å². The molecule has 1 aliphatic rings. The third kappa shape index (κ3) is 1.97. The summed E-state index contributed by atoms with van der Waals surface area (Å²) in [5.74, 6) is -0.832. The Morgan fingerprint density at radius 2 is 2.00 bits per heavy atom. The molecule has 1 rings (SSSR count). The van der Waals surface area contributed by atoms with E-state index in [4.69, 9.17) is 9.84 Å². The van der Waals surface area contributed by atoms with Gasteiger partial charge in [0.1, 0.15) is 0 Å². The molecule has 0 aromatic heterocycles. The third-order valence-electron chi connectivity index (χ3n) is 2.26. The zero-order chi connectivity index (χ0) is 9.35. The summed E-state index contributed by atoms with van der Waals surface area (Å²) in [7, 11) is 0. The first-order chi connectivity index (χ1) is 5.41. The molecule has 0 aromatic carbocycles. The number of hydrogen-bond donors (Lipinski definition) is 1. The second-order valence-electron chi connectivity index (χ2n) is 4.39. The van der Waals surface area contributed by atoms with Crippen molar-refractivity contribution in [3.05, 3.63) is 0 Å². The summed E-state index contributed by atoms with van der Waals surface area (Å²) in [6, 6.07) is 0. The molecule has 1 heterocycles. The molecule has 12 heavy (non-hydrogen) atoms. The summed E-state index contributed by atoms with van der Waals surface area (Å²) in [6.07, 6.45) is 1.03. The predicted octanol–water partition coefficient (Wildman–Crippen LogP) is 1.66. The number of carboxylic acid groups (broad SMARTS) is 1. The summed E-state index contributed by atoms with van der Waals surface area (Å²) in [5, 5.41) is 8.67. The summed E-state index contributed by atoms with van der Waals surface area (Å²) < 4.78 is 5.39. The molecule has 0 radical (unpaired) electrons. The fourth-order valence-electron chi connectivity index (χ4n) is 1.46. The molecule has 3 heteroatoms. The highest BCUT2D eigenvalue weighted by Crippen LogP contribution is 2.33. The highest BCUT2D eigenvalue weighted by atomic mass is 16.5. The van der Waals surface area contributed by atoms with Crippen LogP contribution in [0.3, 0.4) is 0 Å². The number of rotatable bonds is 1. The van der Waals surface area contributed by atoms with Gasteiger partial charge in [0.15, 0.2) is 6.10 Å². The second-order valence-corrected chi connectivity index (χ2v) is 4.39. The van der Waals surface area contributed by atoms with E-state index in [0.717, 1.165) is 6.42 Å². The van der Waals surface area contributed by atoms with Crippen LogP contribution in [0.4, 0.5) is 0 Å². The van der Waals surface area contributed by atoms with Crippen LogP contribution in [0.1, 0.15) is 33.6 Å². The Bertz CT molecular complexity index is 181. The van der Waals surface area contributed by atoms with Gasteiger partial charge >= 0.3 is 5.97 Å². The van der Waals surface area contributed by atoms with Gasteiger partial charge in [0, 0.05) is 0 Å². The van der Waals surface area contributed by atoms with Crippen molar-refractivity contribution in [1.82, 2.24) is 0 Å². The third-order valence-corrected chi connectivity index (χ3v) is 2.26. The lowest BCUT2D eigenvalue weighted by Gasteiger charge is -2.26. The maximum Gasteiger partial charge on any atom is 0.332 e. The molecule has 1 N–H and O–H groups in total. The molecule has 2 atom stereocenters. The lowest BCUT2D eigenvalue weighted by Crippen LogP contribution is -2.28. The summed E-state index contributed by atoms with van der Waals surface area (Å²) >= 11 is 0. The van der Waals surface area contributed by atoms with Crippen LogP contribution < -0.4 is 0 Å². The maximum atomic E-state index is 10.5. The summed E-state index contributed by atoms with van der Waals surface area (Å²) in [6.45, 7) is 6.21. The molecule has 1 fully saturated rings. The van der Waals surface area contributed by atoms with Gasteiger partial charge in [0.05, 0.1) is 6.10 Å². The van der Waals surface area contributed by atoms with Crippen molar-refractivity contribution in [2.45, 2.75) is 45.8 Å². The molecule has 0 aliphatic carbocycles. The quantitative estimate of drug-likeness (QED) is 0.654. The first kappa shape index (κ1) is 9.52. The van der Waals surface area contributed by atoms with Gasteiger partial charge in [-0.1, -0.05) is 20.8 Å². The zero-order valence-corrected chi connectivity index (χ0v) is 7.83. The maximum absolute atomic E-state index is 10.5. The van der Waals surface area contributed by atoms with Crippen LogP contribution in [0, 0.1) is 5.41 Å². The minimum absolute atomic E-state index is 0.0597. The second kappa shape index (κ2) is 3.05. The molecule has 1 aliphatic heterocycles. The van der Waals surface area contributed by atoms with Crippen LogP contribution in [-0.2, 0) is 9.53 Å². The number of aliphatic carboxylic acids is 1. The Morgan fingerprint density at radius 3 is 2.25 bits per heavy atom. The first-order valence-electron chi connectivity index (χ1n) is 4.29. The van der Waals surface area contributed by atoms with E-state index in [1.807, 2.05) is 0 Å². The van der Waals surface area contributed by atoms with Crippen LogP contribution in [0.15, 0.2) is 0 Å². The molecular formula is C9H16O3. The topological polar surface area (TPSA) is 46.5 Å². The summed E-state index contributed by atoms with van der Waals surface area (Å²) in [4.78, 5) is 10.5. The fraction of sp³-hybridized carbons (Fsp3) is 0.889. The lowest BCUT2D eigenvalue weighted by molar-refractivity contribution is -0.151. The van der Waals surface area contributed by atoms with Gasteiger partial charge in [-0.3, -0.25) is 0 Å². The fourth-order valence-corrected chi connectivity index (χ4v) is 1.46. The molecule has 0 saturated carbocycles. The van der Waals surface area contributed by atoms with Gasteiger partial charge in [0.2, 0.25) is 0 Å². The van der Waals surface area contributed by atoms with E-state index in [0.29, 0.717) is 6.42 Å². The van der Waals surface area contributed by atoms with Crippen molar-refractivity contribution in [3.8, 4) is 0 Å². The lowest BCUT2D eigenvalue weighted by atomic mass is 9.87. The van der Waals surface area contributed by atoms with E-state index in [-0.39, 0.29) is 11.5 Å². The van der Waals surface area contributed by atoms with Gasteiger partial charge < -0.3 is 9.84 Å². The Morgan fingerprint density at radius 1 is 1.42 bits per heavy atom. The van der Waals surface area contributed by atoms with E-state index < -0.39 is 12.1 Å². The molecule has 70 valence electrons. The van der Waals surface area contributed by atoms with E-state index in [9.17, 15) is 4.79 Å². The smallest absolute Gasteiger partial charge is 0.332 e. The first-order valence-corrected chi connectivity index (χ1v) is 4.29. The van der Waals surface area contributed by atoms with Crippen LogP contribution in [0.25, 0.3) is 0 Å². The van der Waals surface area contributed by atoms with Gasteiger partial charge in [-0.2, -0.15) is 0 Å². The number of carboxylic acids is 1. The highest BCUT2D eigenvalue weighted by Gasteiger charge is 2.36. The molecule has 0 aromatic rings. The van der Waals surface area contributed by atoms with E-state index in [1.165, 1.54) is 0 Å². The molecule has 0 bridgehead atoms. The normalized spacial score (nSPS) is 30.6. The monoisotopic (exact) mass is 172 g/mol. The Balaban J connectivity index is 2.51. The van der Waals surface area contributed by atoms with Crippen molar-refractivity contribution in [2.75, 3.05) is 0 Å². The standard InChI is InChI=1S/C9H16O3/c1-9(2,3)7-5-4-6(12-7)8(10)11/h6-7H,4-5H2,1-3H3,(H,10,11)/t6-,7+/m1/s1. The predicted molar refractivity (Wildman–Crippen MR) is 45.0 cm³/mol.